The second kappa shape index (κ2) is 8.45. The molecule has 1 aliphatic heterocycles. The Balaban J connectivity index is 2.65. The molecule has 0 amide bonds. The van der Waals surface area contributed by atoms with Gasteiger partial charge >= 0.3 is 11.9 Å². The standard InChI is InChI=1S/C18H20N2O7/c1-10-14(17(22)26-3)16(12-5-4-6-13(9-12)20(24)25)15(11(2)19-10)18(23)27-8-7-21/h4-6,9,16,19,21H,7-8H2,1-3H3. The number of carbonyl (C=O) groups excluding carboxylic acids is 2. The maximum absolute atomic E-state index is 12.6. The Morgan fingerprint density at radius 1 is 1.22 bits per heavy atom. The number of allylic oxidation sites excluding steroid dienone is 2. The highest BCUT2D eigenvalue weighted by Crippen LogP contribution is 2.40. The number of dihydropyridines is 1. The summed E-state index contributed by atoms with van der Waals surface area (Å²) >= 11 is 0. The summed E-state index contributed by atoms with van der Waals surface area (Å²) in [5.74, 6) is -2.32. The Bertz CT molecular complexity index is 842. The molecular formula is C18H20N2O7. The van der Waals surface area contributed by atoms with Gasteiger partial charge in [-0.05, 0) is 19.4 Å². The minimum atomic E-state index is -0.912. The first-order chi connectivity index (χ1) is 12.8. The zero-order chi connectivity index (χ0) is 20.1. The Hall–Kier alpha value is -3.20. The molecule has 1 atom stereocenters. The Morgan fingerprint density at radius 2 is 1.85 bits per heavy atom. The molecule has 9 heteroatoms. The highest BCUT2D eigenvalue weighted by atomic mass is 16.6. The molecule has 0 radical (unpaired) electrons. The third-order valence-corrected chi connectivity index (χ3v) is 4.12. The third kappa shape index (κ3) is 4.14. The molecule has 2 N–H and O–H groups in total. The number of nitro groups is 1. The summed E-state index contributed by atoms with van der Waals surface area (Å²) in [4.78, 5) is 35.6. The lowest BCUT2D eigenvalue weighted by atomic mass is 9.80. The van der Waals surface area contributed by atoms with Crippen LogP contribution in [-0.2, 0) is 19.1 Å². The van der Waals surface area contributed by atoms with Gasteiger partial charge in [-0.2, -0.15) is 0 Å². The molecule has 0 fully saturated rings. The number of nitrogens with one attached hydrogen (secondary N) is 1. The predicted molar refractivity (Wildman–Crippen MR) is 94.4 cm³/mol. The zero-order valence-corrected chi connectivity index (χ0v) is 15.1. The van der Waals surface area contributed by atoms with Gasteiger partial charge in [0, 0.05) is 23.5 Å². The van der Waals surface area contributed by atoms with E-state index in [4.69, 9.17) is 14.6 Å². The number of rotatable bonds is 6. The molecular weight excluding hydrogens is 356 g/mol. The topological polar surface area (TPSA) is 128 Å². The van der Waals surface area contributed by atoms with Crippen LogP contribution in [0.25, 0.3) is 0 Å². The summed E-state index contributed by atoms with van der Waals surface area (Å²) in [6, 6.07) is 5.69. The Kier molecular flexibility index (Phi) is 6.30. The monoisotopic (exact) mass is 376 g/mol. The number of non-ortho nitro benzene ring substituents is 1. The number of methoxy groups -OCH3 is 1. The Labute approximate surface area is 155 Å². The van der Waals surface area contributed by atoms with Crippen molar-refractivity contribution in [2.24, 2.45) is 0 Å². The molecule has 1 aliphatic rings. The number of nitrogens with zero attached hydrogens (tertiary/aromatic N) is 1. The molecule has 0 saturated carbocycles. The highest BCUT2D eigenvalue weighted by molar-refractivity contribution is 5.99. The smallest absolute Gasteiger partial charge is 0.336 e. The molecule has 27 heavy (non-hydrogen) atoms. The van der Waals surface area contributed by atoms with Crippen LogP contribution in [0.1, 0.15) is 25.3 Å². The summed E-state index contributed by atoms with van der Waals surface area (Å²) in [5.41, 5.74) is 1.39. The number of hydrogen-bond donors (Lipinski definition) is 2. The van der Waals surface area contributed by atoms with Gasteiger partial charge in [-0.3, -0.25) is 10.1 Å². The quantitative estimate of drug-likeness (QED) is 0.435. The Morgan fingerprint density at radius 3 is 2.41 bits per heavy atom. The van der Waals surface area contributed by atoms with Crippen molar-refractivity contribution < 1.29 is 29.1 Å². The molecule has 1 unspecified atom stereocenters. The fourth-order valence-electron chi connectivity index (χ4n) is 3.01. The van der Waals surface area contributed by atoms with E-state index in [1.165, 1.54) is 25.3 Å². The van der Waals surface area contributed by atoms with E-state index in [2.05, 4.69) is 5.32 Å². The van der Waals surface area contributed by atoms with E-state index in [0.29, 0.717) is 17.0 Å². The number of hydrogen-bond acceptors (Lipinski definition) is 8. The maximum Gasteiger partial charge on any atom is 0.336 e. The largest absolute Gasteiger partial charge is 0.466 e. The molecule has 9 nitrogen and oxygen atoms in total. The summed E-state index contributed by atoms with van der Waals surface area (Å²) in [5, 5.41) is 23.0. The van der Waals surface area contributed by atoms with Gasteiger partial charge in [0.25, 0.3) is 5.69 Å². The zero-order valence-electron chi connectivity index (χ0n) is 15.1. The minimum Gasteiger partial charge on any atom is -0.466 e. The van der Waals surface area contributed by atoms with Crippen molar-refractivity contribution in [1.82, 2.24) is 5.32 Å². The van der Waals surface area contributed by atoms with Crippen LogP contribution in [0, 0.1) is 10.1 Å². The van der Waals surface area contributed by atoms with E-state index in [1.54, 1.807) is 19.9 Å². The number of aliphatic hydroxyl groups is 1. The van der Waals surface area contributed by atoms with Crippen molar-refractivity contribution >= 4 is 17.6 Å². The molecule has 2 rings (SSSR count). The van der Waals surface area contributed by atoms with Gasteiger partial charge < -0.3 is 19.9 Å². The molecule has 0 aromatic heterocycles. The molecule has 0 spiro atoms. The number of carbonyl (C=O) groups is 2. The number of benzene rings is 1. The van der Waals surface area contributed by atoms with Crippen LogP contribution >= 0.6 is 0 Å². The fraction of sp³-hybridized carbons (Fsp3) is 0.333. The predicted octanol–water partition coefficient (Wildman–Crippen LogP) is 1.54. The molecule has 0 bridgehead atoms. The first-order valence-corrected chi connectivity index (χ1v) is 8.11. The molecule has 1 heterocycles. The van der Waals surface area contributed by atoms with Crippen LogP contribution in [-0.4, -0.2) is 42.3 Å². The normalized spacial score (nSPS) is 16.7. The van der Waals surface area contributed by atoms with E-state index >= 15 is 0 Å². The van der Waals surface area contributed by atoms with Gasteiger partial charge in [-0.1, -0.05) is 12.1 Å². The average Bonchev–Trinajstić information content (AvgIpc) is 2.64. The second-order valence-corrected chi connectivity index (χ2v) is 5.84. The van der Waals surface area contributed by atoms with Gasteiger partial charge in [0.05, 0.1) is 35.7 Å². The van der Waals surface area contributed by atoms with Crippen LogP contribution in [0.2, 0.25) is 0 Å². The number of aliphatic hydroxyl groups excluding tert-OH is 1. The van der Waals surface area contributed by atoms with Crippen molar-refractivity contribution in [3.8, 4) is 0 Å². The van der Waals surface area contributed by atoms with E-state index < -0.39 is 22.8 Å². The van der Waals surface area contributed by atoms with Crippen molar-refractivity contribution in [3.63, 3.8) is 0 Å². The van der Waals surface area contributed by atoms with Crippen LogP contribution in [0.5, 0.6) is 0 Å². The highest BCUT2D eigenvalue weighted by Gasteiger charge is 2.38. The molecule has 0 saturated heterocycles. The van der Waals surface area contributed by atoms with E-state index in [0.717, 1.165) is 0 Å². The van der Waals surface area contributed by atoms with Crippen LogP contribution in [0.15, 0.2) is 46.8 Å². The van der Waals surface area contributed by atoms with E-state index in [9.17, 15) is 19.7 Å². The molecule has 1 aromatic carbocycles. The SMILES string of the molecule is COC(=O)C1=C(C)NC(C)=C(C(=O)OCCO)C1c1cccc([N+](=O)[O-])c1. The third-order valence-electron chi connectivity index (χ3n) is 4.12. The van der Waals surface area contributed by atoms with Crippen molar-refractivity contribution in [2.45, 2.75) is 19.8 Å². The van der Waals surface area contributed by atoms with Crippen LogP contribution in [0.3, 0.4) is 0 Å². The molecule has 0 aliphatic carbocycles. The van der Waals surface area contributed by atoms with Gasteiger partial charge in [-0.15, -0.1) is 0 Å². The van der Waals surface area contributed by atoms with Gasteiger partial charge in [0.2, 0.25) is 0 Å². The first-order valence-electron chi connectivity index (χ1n) is 8.11. The van der Waals surface area contributed by atoms with E-state index in [-0.39, 0.29) is 30.0 Å². The average molecular weight is 376 g/mol. The summed E-state index contributed by atoms with van der Waals surface area (Å²) in [6.45, 7) is 2.71. The lowest BCUT2D eigenvalue weighted by Gasteiger charge is -2.30. The van der Waals surface area contributed by atoms with Gasteiger partial charge in [0.15, 0.2) is 0 Å². The lowest BCUT2D eigenvalue weighted by molar-refractivity contribution is -0.384. The van der Waals surface area contributed by atoms with Crippen LogP contribution in [0.4, 0.5) is 5.69 Å². The lowest BCUT2D eigenvalue weighted by Crippen LogP contribution is -2.32. The first kappa shape index (κ1) is 20.1. The van der Waals surface area contributed by atoms with Gasteiger partial charge in [-0.25, -0.2) is 9.59 Å². The van der Waals surface area contributed by atoms with E-state index in [1.807, 2.05) is 0 Å². The minimum absolute atomic E-state index is 0.120. The van der Waals surface area contributed by atoms with Gasteiger partial charge in [0.1, 0.15) is 6.61 Å². The summed E-state index contributed by atoms with van der Waals surface area (Å²) in [6.07, 6.45) is 0. The number of ether oxygens (including phenoxy) is 2. The maximum atomic E-state index is 12.6. The van der Waals surface area contributed by atoms with Crippen molar-refractivity contribution in [2.75, 3.05) is 20.3 Å². The number of esters is 2. The fourth-order valence-corrected chi connectivity index (χ4v) is 3.01. The summed E-state index contributed by atoms with van der Waals surface area (Å²) in [7, 11) is 1.21. The van der Waals surface area contributed by atoms with Crippen LogP contribution < -0.4 is 5.32 Å². The number of nitro benzene ring substituents is 1. The molecule has 144 valence electrons. The van der Waals surface area contributed by atoms with Crippen molar-refractivity contribution in [1.29, 1.82) is 0 Å². The molecule has 1 aromatic rings. The second-order valence-electron chi connectivity index (χ2n) is 5.84. The van der Waals surface area contributed by atoms with Crippen molar-refractivity contribution in [3.05, 3.63) is 62.5 Å². The summed E-state index contributed by atoms with van der Waals surface area (Å²) < 4.78 is 9.88.